The predicted octanol–water partition coefficient (Wildman–Crippen LogP) is 14.0. The van der Waals surface area contributed by atoms with E-state index in [1.54, 1.807) is 0 Å². The number of phosphoric ester groups is 1. The van der Waals surface area contributed by atoms with E-state index in [4.69, 9.17) is 18.5 Å². The molecule has 0 aliphatic rings. The molecule has 0 heterocycles. The van der Waals surface area contributed by atoms with E-state index in [2.05, 4.69) is 86.8 Å². The molecule has 0 saturated carbocycles. The Morgan fingerprint density at radius 1 is 0.533 bits per heavy atom. The molecule has 0 aromatic heterocycles. The van der Waals surface area contributed by atoms with E-state index in [1.165, 1.54) is 96.3 Å². The summed E-state index contributed by atoms with van der Waals surface area (Å²) in [6, 6.07) is 0. The van der Waals surface area contributed by atoms with Crippen LogP contribution in [0, 0.1) is 0 Å². The Hall–Kier alpha value is -2.06. The van der Waals surface area contributed by atoms with Crippen LogP contribution in [0.4, 0.5) is 0 Å². The van der Waals surface area contributed by atoms with Crippen LogP contribution in [0.25, 0.3) is 0 Å². The van der Waals surface area contributed by atoms with E-state index in [1.807, 2.05) is 21.1 Å². The number of allylic oxidation sites excluding steroid dienone is 12. The summed E-state index contributed by atoms with van der Waals surface area (Å²) in [6.07, 6.45) is 56.5. The molecule has 0 amide bonds. The Bertz CT molecular complexity index is 1190. The average Bonchev–Trinajstić information content (AvgIpc) is 3.20. The van der Waals surface area contributed by atoms with E-state index < -0.39 is 13.9 Å². The molecule has 9 heteroatoms. The van der Waals surface area contributed by atoms with Crippen molar-refractivity contribution < 1.29 is 37.3 Å². The lowest BCUT2D eigenvalue weighted by molar-refractivity contribution is -0.870. The SMILES string of the molecule is CC/C=C\C/C=C\C/C=C\C/C=C\C/C=C\C/C=C\CCCOCC(COP(=O)([O-])OCC[N+](C)(C)C)OC(=O)CCCCCCCCCCCCCCCCCCCC. The zero-order valence-electron chi connectivity index (χ0n) is 39.4. The molecule has 0 spiro atoms. The number of hydrogen-bond donors (Lipinski definition) is 0. The van der Waals surface area contributed by atoms with Crippen LogP contribution >= 0.6 is 7.82 Å². The van der Waals surface area contributed by atoms with E-state index in [0.717, 1.165) is 70.6 Å². The second-order valence-electron chi connectivity index (χ2n) is 17.1. The highest BCUT2D eigenvalue weighted by Gasteiger charge is 2.20. The van der Waals surface area contributed by atoms with Gasteiger partial charge in [0.1, 0.15) is 19.3 Å². The lowest BCUT2D eigenvalue weighted by atomic mass is 10.0. The monoisotopic (exact) mass is 862 g/mol. The molecule has 0 aliphatic heterocycles. The second-order valence-corrected chi connectivity index (χ2v) is 18.5. The molecule has 0 saturated heterocycles. The average molecular weight is 862 g/mol. The van der Waals surface area contributed by atoms with Crippen molar-refractivity contribution in [2.75, 3.05) is 54.1 Å². The van der Waals surface area contributed by atoms with Gasteiger partial charge in [-0.15, -0.1) is 0 Å². The first-order chi connectivity index (χ1) is 29.1. The van der Waals surface area contributed by atoms with Crippen LogP contribution in [-0.4, -0.2) is 70.7 Å². The number of ether oxygens (including phenoxy) is 2. The minimum Gasteiger partial charge on any atom is -0.756 e. The van der Waals surface area contributed by atoms with E-state index in [9.17, 15) is 14.3 Å². The molecule has 348 valence electrons. The lowest BCUT2D eigenvalue weighted by Gasteiger charge is -2.28. The standard InChI is InChI=1S/C51H92NO7P/c1-6-8-10-12-14-16-18-20-22-24-26-27-29-31-33-35-37-39-41-43-46-56-48-50(49-58-60(54,55)57-47-45-52(3,4)5)59-51(53)44-42-40-38-36-34-32-30-28-25-23-21-19-17-15-13-11-9-7-2/h8,10,14,16,20,22,26-27,31,33,37,39,50H,6-7,9,11-13,15,17-19,21,23-25,28-30,32,34-36,38,40-49H2,1-5H3/b10-8-,16-14-,22-20-,27-26-,33-31-,39-37-. The molecule has 0 N–H and O–H groups in total. The normalized spacial score (nSPS) is 14.3. The van der Waals surface area contributed by atoms with Gasteiger partial charge in [0, 0.05) is 13.0 Å². The molecular weight excluding hydrogens is 770 g/mol. The van der Waals surface area contributed by atoms with Crippen molar-refractivity contribution in [3.8, 4) is 0 Å². The Kier molecular flexibility index (Phi) is 42.1. The summed E-state index contributed by atoms with van der Waals surface area (Å²) in [4.78, 5) is 25.1. The highest BCUT2D eigenvalue weighted by Crippen LogP contribution is 2.38. The quantitative estimate of drug-likeness (QED) is 0.0198. The van der Waals surface area contributed by atoms with Gasteiger partial charge in [0.05, 0.1) is 34.4 Å². The number of nitrogens with zero attached hydrogens (tertiary/aromatic N) is 1. The number of unbranched alkanes of at least 4 members (excludes halogenated alkanes) is 18. The largest absolute Gasteiger partial charge is 0.756 e. The second kappa shape index (κ2) is 43.6. The number of carbonyl (C=O) groups is 1. The third-order valence-electron chi connectivity index (χ3n) is 10.0. The van der Waals surface area contributed by atoms with Crippen molar-refractivity contribution >= 4 is 13.8 Å². The number of likely N-dealkylation sites (N-methyl/N-ethyl adjacent to an activating group) is 1. The van der Waals surface area contributed by atoms with Crippen molar-refractivity contribution in [1.82, 2.24) is 0 Å². The molecule has 8 nitrogen and oxygen atoms in total. The molecular formula is C51H92NO7P. The predicted molar refractivity (Wildman–Crippen MR) is 254 cm³/mol. The molecule has 0 fully saturated rings. The van der Waals surface area contributed by atoms with E-state index >= 15 is 0 Å². The number of hydrogen-bond acceptors (Lipinski definition) is 7. The number of esters is 1. The molecule has 60 heavy (non-hydrogen) atoms. The van der Waals surface area contributed by atoms with Crippen LogP contribution < -0.4 is 4.89 Å². The fourth-order valence-electron chi connectivity index (χ4n) is 6.33. The fourth-order valence-corrected chi connectivity index (χ4v) is 7.06. The van der Waals surface area contributed by atoms with Crippen LogP contribution in [0.5, 0.6) is 0 Å². The van der Waals surface area contributed by atoms with Gasteiger partial charge in [-0.25, -0.2) is 0 Å². The zero-order valence-corrected chi connectivity index (χ0v) is 40.3. The van der Waals surface area contributed by atoms with Gasteiger partial charge in [0.2, 0.25) is 0 Å². The molecule has 0 radical (unpaired) electrons. The van der Waals surface area contributed by atoms with Crippen LogP contribution in [-0.2, 0) is 27.9 Å². The summed E-state index contributed by atoms with van der Waals surface area (Å²) in [5.74, 6) is -0.353. The third kappa shape index (κ3) is 47.0. The molecule has 0 aromatic rings. The number of carbonyl (C=O) groups excluding carboxylic acids is 1. The molecule has 2 atom stereocenters. The minimum absolute atomic E-state index is 0.0131. The van der Waals surface area contributed by atoms with Crippen molar-refractivity contribution in [3.63, 3.8) is 0 Å². The first-order valence-electron chi connectivity index (χ1n) is 24.2. The maximum atomic E-state index is 12.7. The van der Waals surface area contributed by atoms with Gasteiger partial charge in [-0.2, -0.15) is 0 Å². The van der Waals surface area contributed by atoms with Crippen LogP contribution in [0.2, 0.25) is 0 Å². The molecule has 2 unspecified atom stereocenters. The van der Waals surface area contributed by atoms with Crippen molar-refractivity contribution in [1.29, 1.82) is 0 Å². The van der Waals surface area contributed by atoms with Gasteiger partial charge in [-0.1, -0.05) is 196 Å². The third-order valence-corrected chi connectivity index (χ3v) is 11.0. The van der Waals surface area contributed by atoms with Gasteiger partial charge in [-0.3, -0.25) is 9.36 Å². The summed E-state index contributed by atoms with van der Waals surface area (Å²) in [5, 5.41) is 0. The van der Waals surface area contributed by atoms with Gasteiger partial charge < -0.3 is 27.9 Å². The van der Waals surface area contributed by atoms with Gasteiger partial charge >= 0.3 is 5.97 Å². The van der Waals surface area contributed by atoms with Gasteiger partial charge in [0.25, 0.3) is 7.82 Å². The summed E-state index contributed by atoms with van der Waals surface area (Å²) >= 11 is 0. The number of quaternary nitrogens is 1. The van der Waals surface area contributed by atoms with Crippen LogP contribution in [0.15, 0.2) is 72.9 Å². The molecule has 0 rings (SSSR count). The smallest absolute Gasteiger partial charge is 0.306 e. The Balaban J connectivity index is 4.29. The fraction of sp³-hybridized carbons (Fsp3) is 0.745. The lowest BCUT2D eigenvalue weighted by Crippen LogP contribution is -2.37. The summed E-state index contributed by atoms with van der Waals surface area (Å²) in [6.45, 7) is 5.15. The molecule has 0 bridgehead atoms. The van der Waals surface area contributed by atoms with Crippen molar-refractivity contribution in [2.45, 2.75) is 193 Å². The maximum Gasteiger partial charge on any atom is 0.306 e. The first kappa shape index (κ1) is 57.9. The van der Waals surface area contributed by atoms with E-state index in [-0.39, 0.29) is 25.8 Å². The molecule has 0 aliphatic carbocycles. The van der Waals surface area contributed by atoms with E-state index in [0.29, 0.717) is 24.1 Å². The number of rotatable bonds is 44. The summed E-state index contributed by atoms with van der Waals surface area (Å²) in [5.41, 5.74) is 0. The minimum atomic E-state index is -4.55. The topological polar surface area (TPSA) is 94.1 Å². The molecule has 0 aromatic carbocycles. The Morgan fingerprint density at radius 2 is 0.950 bits per heavy atom. The highest BCUT2D eigenvalue weighted by molar-refractivity contribution is 7.45. The Morgan fingerprint density at radius 3 is 1.38 bits per heavy atom. The van der Waals surface area contributed by atoms with Gasteiger partial charge in [0.15, 0.2) is 0 Å². The summed E-state index contributed by atoms with van der Waals surface area (Å²) in [7, 11) is 1.32. The zero-order chi connectivity index (χ0) is 44.1. The first-order valence-corrected chi connectivity index (χ1v) is 25.6. The van der Waals surface area contributed by atoms with Crippen molar-refractivity contribution in [3.05, 3.63) is 72.9 Å². The van der Waals surface area contributed by atoms with Crippen LogP contribution in [0.1, 0.15) is 187 Å². The van der Waals surface area contributed by atoms with Crippen LogP contribution in [0.3, 0.4) is 0 Å². The van der Waals surface area contributed by atoms with Gasteiger partial charge in [-0.05, 0) is 57.8 Å². The number of phosphoric acid groups is 1. The summed E-state index contributed by atoms with van der Waals surface area (Å²) < 4.78 is 34.6. The van der Waals surface area contributed by atoms with Crippen molar-refractivity contribution in [2.24, 2.45) is 0 Å². The Labute approximate surface area is 370 Å². The maximum absolute atomic E-state index is 12.7. The highest BCUT2D eigenvalue weighted by atomic mass is 31.2.